The van der Waals surface area contributed by atoms with Crippen LogP contribution in [0.15, 0.2) is 40.4 Å². The van der Waals surface area contributed by atoms with Crippen molar-refractivity contribution in [1.29, 1.82) is 0 Å². The fourth-order valence-corrected chi connectivity index (χ4v) is 3.50. The summed E-state index contributed by atoms with van der Waals surface area (Å²) in [6, 6.07) is 4.98. The summed E-state index contributed by atoms with van der Waals surface area (Å²) >= 11 is 4.76. The van der Waals surface area contributed by atoms with Crippen LogP contribution in [0.3, 0.4) is 0 Å². The second-order valence-corrected chi connectivity index (χ2v) is 5.83. The third-order valence-electron chi connectivity index (χ3n) is 2.81. The van der Waals surface area contributed by atoms with Crippen molar-refractivity contribution in [3.63, 3.8) is 0 Å². The van der Waals surface area contributed by atoms with Gasteiger partial charge in [-0.3, -0.25) is 10.1 Å². The van der Waals surface area contributed by atoms with Crippen LogP contribution in [0.1, 0.15) is 5.56 Å². The molecule has 2 heterocycles. The number of halogens is 1. The Hall–Kier alpha value is -2.00. The van der Waals surface area contributed by atoms with E-state index in [2.05, 4.69) is 35.9 Å². The van der Waals surface area contributed by atoms with Crippen molar-refractivity contribution in [2.75, 3.05) is 0 Å². The van der Waals surface area contributed by atoms with E-state index in [0.717, 1.165) is 16.1 Å². The smallest absolute Gasteiger partial charge is 0.283 e. The van der Waals surface area contributed by atoms with Crippen LogP contribution in [0.5, 0.6) is 0 Å². The standard InChI is InChI=1S/C12H8BrN5O2S/c13-9-7(2-1-3-8(9)18(19)20)4-21-12-10-11(15-5-14-10)16-6-17-12/h1-3,5-6H,4H2,(H,14,15,16,17). The van der Waals surface area contributed by atoms with E-state index in [-0.39, 0.29) is 5.69 Å². The first-order chi connectivity index (χ1) is 10.2. The highest BCUT2D eigenvalue weighted by Crippen LogP contribution is 2.33. The van der Waals surface area contributed by atoms with Crippen LogP contribution in [0.4, 0.5) is 5.69 Å². The average molecular weight is 366 g/mol. The molecule has 106 valence electrons. The highest BCUT2D eigenvalue weighted by atomic mass is 79.9. The Morgan fingerprint density at radius 2 is 2.19 bits per heavy atom. The van der Waals surface area contributed by atoms with Crippen molar-refractivity contribution in [2.24, 2.45) is 0 Å². The minimum absolute atomic E-state index is 0.0578. The van der Waals surface area contributed by atoms with Crippen LogP contribution in [-0.4, -0.2) is 24.9 Å². The number of imidazole rings is 1. The highest BCUT2D eigenvalue weighted by Gasteiger charge is 2.15. The Morgan fingerprint density at radius 1 is 1.33 bits per heavy atom. The van der Waals surface area contributed by atoms with Crippen molar-refractivity contribution in [3.05, 3.63) is 51.0 Å². The molecule has 3 rings (SSSR count). The maximum Gasteiger partial charge on any atom is 0.283 e. The number of nitro groups is 1. The number of rotatable bonds is 4. The molecule has 0 atom stereocenters. The van der Waals surface area contributed by atoms with Gasteiger partial charge in [-0.1, -0.05) is 23.9 Å². The van der Waals surface area contributed by atoms with E-state index in [0.29, 0.717) is 15.9 Å². The number of aromatic amines is 1. The van der Waals surface area contributed by atoms with Gasteiger partial charge in [0.15, 0.2) is 5.65 Å². The fraction of sp³-hybridized carbons (Fsp3) is 0.0833. The number of thioether (sulfide) groups is 1. The molecule has 1 N–H and O–H groups in total. The second kappa shape index (κ2) is 5.78. The number of nitrogens with one attached hydrogen (secondary N) is 1. The Bertz CT molecular complexity index is 822. The quantitative estimate of drug-likeness (QED) is 0.329. The summed E-state index contributed by atoms with van der Waals surface area (Å²) in [5.41, 5.74) is 2.26. The molecule has 0 radical (unpaired) electrons. The summed E-state index contributed by atoms with van der Waals surface area (Å²) < 4.78 is 0.498. The van der Waals surface area contributed by atoms with Gasteiger partial charge in [-0.05, 0) is 21.5 Å². The number of aromatic nitrogens is 4. The number of fused-ring (bicyclic) bond motifs is 1. The summed E-state index contributed by atoms with van der Waals surface area (Å²) in [6.45, 7) is 0. The largest absolute Gasteiger partial charge is 0.341 e. The molecule has 2 aromatic heterocycles. The molecular formula is C12H8BrN5O2S. The molecule has 0 fully saturated rings. The molecule has 0 aliphatic heterocycles. The third-order valence-corrected chi connectivity index (χ3v) is 4.76. The summed E-state index contributed by atoms with van der Waals surface area (Å²) in [4.78, 5) is 25.8. The number of hydrogen-bond donors (Lipinski definition) is 1. The van der Waals surface area contributed by atoms with Gasteiger partial charge in [-0.25, -0.2) is 15.0 Å². The molecule has 3 aromatic rings. The number of nitrogens with zero attached hydrogens (tertiary/aromatic N) is 4. The molecule has 9 heteroatoms. The predicted octanol–water partition coefficient (Wildman–Crippen LogP) is 3.32. The molecular weight excluding hydrogens is 358 g/mol. The fourth-order valence-electron chi connectivity index (χ4n) is 1.82. The highest BCUT2D eigenvalue weighted by molar-refractivity contribution is 9.10. The van der Waals surface area contributed by atoms with Crippen LogP contribution in [0.2, 0.25) is 0 Å². The van der Waals surface area contributed by atoms with Gasteiger partial charge in [-0.2, -0.15) is 0 Å². The number of H-pyrrole nitrogens is 1. The van der Waals surface area contributed by atoms with E-state index in [4.69, 9.17) is 0 Å². The molecule has 0 aliphatic carbocycles. The minimum Gasteiger partial charge on any atom is -0.341 e. The van der Waals surface area contributed by atoms with Gasteiger partial charge in [0.2, 0.25) is 0 Å². The second-order valence-electron chi connectivity index (χ2n) is 4.08. The first-order valence-corrected chi connectivity index (χ1v) is 7.63. The Kier molecular flexibility index (Phi) is 3.84. The Balaban J connectivity index is 1.87. The monoisotopic (exact) mass is 365 g/mol. The molecule has 0 aliphatic rings. The summed E-state index contributed by atoms with van der Waals surface area (Å²) in [5.74, 6) is 0.549. The van der Waals surface area contributed by atoms with E-state index in [9.17, 15) is 10.1 Å². The first kappa shape index (κ1) is 14.0. The molecule has 0 amide bonds. The van der Waals surface area contributed by atoms with Gasteiger partial charge in [0.25, 0.3) is 5.69 Å². The van der Waals surface area contributed by atoms with Crippen molar-refractivity contribution in [1.82, 2.24) is 19.9 Å². The van der Waals surface area contributed by atoms with Gasteiger partial charge in [-0.15, -0.1) is 0 Å². The van der Waals surface area contributed by atoms with Gasteiger partial charge in [0.1, 0.15) is 16.9 Å². The van der Waals surface area contributed by atoms with Crippen molar-refractivity contribution in [2.45, 2.75) is 10.8 Å². The number of hydrogen-bond acceptors (Lipinski definition) is 6. The Morgan fingerprint density at radius 3 is 3.00 bits per heavy atom. The number of nitro benzene ring substituents is 1. The first-order valence-electron chi connectivity index (χ1n) is 5.85. The maximum absolute atomic E-state index is 10.9. The molecule has 0 unspecified atom stereocenters. The summed E-state index contributed by atoms with van der Waals surface area (Å²) in [6.07, 6.45) is 3.01. The van der Waals surface area contributed by atoms with Crippen molar-refractivity contribution < 1.29 is 4.92 Å². The number of benzene rings is 1. The van der Waals surface area contributed by atoms with Crippen molar-refractivity contribution in [3.8, 4) is 0 Å². The summed E-state index contributed by atoms with van der Waals surface area (Å²) in [7, 11) is 0. The lowest BCUT2D eigenvalue weighted by molar-refractivity contribution is -0.385. The van der Waals surface area contributed by atoms with E-state index in [1.54, 1.807) is 12.4 Å². The predicted molar refractivity (Wildman–Crippen MR) is 82.0 cm³/mol. The van der Waals surface area contributed by atoms with Crippen LogP contribution < -0.4 is 0 Å². The normalized spacial score (nSPS) is 10.9. The van der Waals surface area contributed by atoms with Gasteiger partial charge < -0.3 is 4.98 Å². The summed E-state index contributed by atoms with van der Waals surface area (Å²) in [5, 5.41) is 11.7. The molecule has 0 spiro atoms. The Labute approximate surface area is 131 Å². The van der Waals surface area contributed by atoms with Crippen molar-refractivity contribution >= 4 is 44.5 Å². The van der Waals surface area contributed by atoms with Crippen LogP contribution in [0.25, 0.3) is 11.2 Å². The maximum atomic E-state index is 10.9. The minimum atomic E-state index is -0.407. The molecule has 0 bridgehead atoms. The zero-order valence-electron chi connectivity index (χ0n) is 10.5. The molecule has 1 aromatic carbocycles. The zero-order chi connectivity index (χ0) is 14.8. The molecule has 7 nitrogen and oxygen atoms in total. The topological polar surface area (TPSA) is 97.6 Å². The van der Waals surface area contributed by atoms with Gasteiger partial charge in [0.05, 0.1) is 15.7 Å². The van der Waals surface area contributed by atoms with E-state index in [1.165, 1.54) is 24.2 Å². The molecule has 21 heavy (non-hydrogen) atoms. The van der Waals surface area contributed by atoms with Crippen LogP contribution in [-0.2, 0) is 5.75 Å². The van der Waals surface area contributed by atoms with E-state index in [1.807, 2.05) is 6.07 Å². The lowest BCUT2D eigenvalue weighted by atomic mass is 10.2. The van der Waals surface area contributed by atoms with Gasteiger partial charge >= 0.3 is 0 Å². The van der Waals surface area contributed by atoms with Gasteiger partial charge in [0, 0.05) is 11.8 Å². The average Bonchev–Trinajstić information content (AvgIpc) is 2.95. The lowest BCUT2D eigenvalue weighted by Gasteiger charge is -2.05. The molecule has 0 saturated carbocycles. The third kappa shape index (κ3) is 2.74. The molecule has 0 saturated heterocycles. The lowest BCUT2D eigenvalue weighted by Crippen LogP contribution is -1.93. The SMILES string of the molecule is O=[N+]([O-])c1cccc(CSc2ncnc3nc[nH]c23)c1Br. The van der Waals surface area contributed by atoms with Crippen LogP contribution in [0, 0.1) is 10.1 Å². The van der Waals surface area contributed by atoms with E-state index < -0.39 is 4.92 Å². The van der Waals surface area contributed by atoms with Crippen LogP contribution >= 0.6 is 27.7 Å². The zero-order valence-corrected chi connectivity index (χ0v) is 12.9. The van der Waals surface area contributed by atoms with E-state index >= 15 is 0 Å².